The largest absolute Gasteiger partial charge is 0.354 e. The Morgan fingerprint density at radius 3 is 2.61 bits per heavy atom. The Labute approximate surface area is 174 Å². The van der Waals surface area contributed by atoms with Crippen molar-refractivity contribution in [2.45, 2.75) is 64.0 Å². The van der Waals surface area contributed by atoms with Gasteiger partial charge in [-0.15, -0.1) is 12.4 Å². The van der Waals surface area contributed by atoms with Gasteiger partial charge in [0.05, 0.1) is 5.92 Å². The first kappa shape index (κ1) is 21.1. The number of hydrogen-bond donors (Lipinski definition) is 2. The zero-order valence-electron chi connectivity index (χ0n) is 16.7. The van der Waals surface area contributed by atoms with Gasteiger partial charge in [-0.3, -0.25) is 9.59 Å². The van der Waals surface area contributed by atoms with Crippen LogP contribution in [0.2, 0.25) is 0 Å². The quantitative estimate of drug-likeness (QED) is 0.809. The number of carbonyl (C=O) groups excluding carboxylic acids is 2. The normalized spacial score (nSPS) is 29.1. The molecule has 154 valence electrons. The van der Waals surface area contributed by atoms with Crippen LogP contribution in [0.4, 0.5) is 5.69 Å². The number of anilines is 1. The van der Waals surface area contributed by atoms with Crippen molar-refractivity contribution in [1.82, 2.24) is 10.6 Å². The van der Waals surface area contributed by atoms with Gasteiger partial charge in [0, 0.05) is 30.2 Å². The summed E-state index contributed by atoms with van der Waals surface area (Å²) in [5, 5.41) is 6.55. The summed E-state index contributed by atoms with van der Waals surface area (Å²) in [5.74, 6) is -0.162. The molecule has 1 saturated heterocycles. The predicted molar refractivity (Wildman–Crippen MR) is 114 cm³/mol. The highest BCUT2D eigenvalue weighted by molar-refractivity contribution is 6.00. The second-order valence-corrected chi connectivity index (χ2v) is 8.43. The lowest BCUT2D eigenvalue weighted by atomic mass is 9.77. The molecule has 0 radical (unpaired) electrons. The van der Waals surface area contributed by atoms with Gasteiger partial charge in [0.15, 0.2) is 0 Å². The molecule has 2 heterocycles. The molecule has 6 heteroatoms. The summed E-state index contributed by atoms with van der Waals surface area (Å²) >= 11 is 0. The molecule has 4 atom stereocenters. The van der Waals surface area contributed by atoms with E-state index in [2.05, 4.69) is 23.6 Å². The average molecular weight is 406 g/mol. The molecule has 4 rings (SSSR count). The first-order chi connectivity index (χ1) is 13.1. The molecular weight excluding hydrogens is 374 g/mol. The van der Waals surface area contributed by atoms with Crippen LogP contribution in [0.5, 0.6) is 0 Å². The lowest BCUT2D eigenvalue weighted by Crippen LogP contribution is -2.48. The summed E-state index contributed by atoms with van der Waals surface area (Å²) in [7, 11) is 0. The van der Waals surface area contributed by atoms with Gasteiger partial charge >= 0.3 is 0 Å². The topological polar surface area (TPSA) is 61.4 Å². The fraction of sp³-hybridized carbons (Fsp3) is 0.636. The maximum Gasteiger partial charge on any atom is 0.231 e. The predicted octanol–water partition coefficient (Wildman–Crippen LogP) is 3.06. The summed E-state index contributed by atoms with van der Waals surface area (Å²) in [5.41, 5.74) is 2.28. The van der Waals surface area contributed by atoms with E-state index in [1.54, 1.807) is 0 Å². The van der Waals surface area contributed by atoms with Crippen molar-refractivity contribution in [3.63, 3.8) is 0 Å². The maximum atomic E-state index is 13.5. The van der Waals surface area contributed by atoms with Gasteiger partial charge in [-0.1, -0.05) is 31.0 Å². The summed E-state index contributed by atoms with van der Waals surface area (Å²) < 4.78 is 0. The van der Waals surface area contributed by atoms with E-state index < -0.39 is 0 Å². The molecule has 0 bridgehead atoms. The van der Waals surface area contributed by atoms with Crippen LogP contribution in [-0.4, -0.2) is 37.0 Å². The first-order valence-electron chi connectivity index (χ1n) is 10.6. The van der Waals surface area contributed by atoms with Crippen molar-refractivity contribution in [1.29, 1.82) is 0 Å². The van der Waals surface area contributed by atoms with Gasteiger partial charge in [-0.2, -0.15) is 0 Å². The second-order valence-electron chi connectivity index (χ2n) is 8.43. The van der Waals surface area contributed by atoms with Crippen molar-refractivity contribution < 1.29 is 9.59 Å². The van der Waals surface area contributed by atoms with Crippen LogP contribution >= 0.6 is 12.4 Å². The highest BCUT2D eigenvalue weighted by Gasteiger charge is 2.41. The van der Waals surface area contributed by atoms with Crippen LogP contribution in [0.1, 0.15) is 51.0 Å². The summed E-state index contributed by atoms with van der Waals surface area (Å²) in [6.07, 6.45) is 6.92. The zero-order valence-corrected chi connectivity index (χ0v) is 17.5. The molecule has 28 heavy (non-hydrogen) atoms. The second kappa shape index (κ2) is 9.27. The number of fused-ring (bicyclic) bond motifs is 1. The minimum Gasteiger partial charge on any atom is -0.354 e. The summed E-state index contributed by atoms with van der Waals surface area (Å²) in [6.45, 7) is 3.83. The van der Waals surface area contributed by atoms with Gasteiger partial charge in [0.1, 0.15) is 0 Å². The number of amides is 2. The molecule has 2 aliphatic heterocycles. The van der Waals surface area contributed by atoms with Crippen LogP contribution < -0.4 is 15.5 Å². The fourth-order valence-corrected chi connectivity index (χ4v) is 5.11. The van der Waals surface area contributed by atoms with Gasteiger partial charge in [0.2, 0.25) is 11.8 Å². The molecule has 2 amide bonds. The van der Waals surface area contributed by atoms with Crippen LogP contribution in [0.3, 0.4) is 0 Å². The van der Waals surface area contributed by atoms with Crippen molar-refractivity contribution in [2.24, 2.45) is 11.8 Å². The molecule has 2 fully saturated rings. The van der Waals surface area contributed by atoms with E-state index in [0.29, 0.717) is 12.6 Å². The Bertz CT molecular complexity index is 705. The molecule has 1 aromatic carbocycles. The number of carbonyl (C=O) groups is 2. The smallest absolute Gasteiger partial charge is 0.231 e. The molecule has 0 aromatic heterocycles. The molecule has 3 aliphatic rings. The van der Waals surface area contributed by atoms with Crippen LogP contribution in [-0.2, 0) is 16.0 Å². The number of rotatable bonds is 4. The highest BCUT2D eigenvalue weighted by atomic mass is 35.5. The Morgan fingerprint density at radius 1 is 1.11 bits per heavy atom. The van der Waals surface area contributed by atoms with Crippen molar-refractivity contribution in [2.75, 3.05) is 18.0 Å². The van der Waals surface area contributed by atoms with Gasteiger partial charge in [0.25, 0.3) is 0 Å². The number of nitrogens with one attached hydrogen (secondary N) is 2. The summed E-state index contributed by atoms with van der Waals surface area (Å²) in [6, 6.07) is 8.74. The number of nitrogens with zero attached hydrogens (tertiary/aromatic N) is 1. The molecule has 1 aromatic rings. The zero-order chi connectivity index (χ0) is 18.8. The van der Waals surface area contributed by atoms with Crippen LogP contribution in [0.25, 0.3) is 0 Å². The lowest BCUT2D eigenvalue weighted by molar-refractivity contribution is -0.135. The Kier molecular flexibility index (Phi) is 7.00. The van der Waals surface area contributed by atoms with Crippen LogP contribution in [0.15, 0.2) is 24.3 Å². The third-order valence-electron chi connectivity index (χ3n) is 6.55. The van der Waals surface area contributed by atoms with E-state index in [1.165, 1.54) is 12.0 Å². The number of halogens is 1. The van der Waals surface area contributed by atoms with E-state index in [1.807, 2.05) is 23.1 Å². The molecule has 2 N–H and O–H groups in total. The molecule has 0 spiro atoms. The fourth-order valence-electron chi connectivity index (χ4n) is 5.11. The lowest BCUT2D eigenvalue weighted by Gasteiger charge is -2.34. The third kappa shape index (κ3) is 4.20. The Balaban J connectivity index is 0.00000225. The van der Waals surface area contributed by atoms with Crippen molar-refractivity contribution in [3.8, 4) is 0 Å². The van der Waals surface area contributed by atoms with E-state index in [-0.39, 0.29) is 42.1 Å². The minimum absolute atomic E-state index is 0. The van der Waals surface area contributed by atoms with E-state index in [4.69, 9.17) is 0 Å². The van der Waals surface area contributed by atoms with Gasteiger partial charge in [-0.25, -0.2) is 0 Å². The molecular formula is C22H32ClN3O2. The highest BCUT2D eigenvalue weighted by Crippen LogP contribution is 2.38. The molecule has 5 nitrogen and oxygen atoms in total. The van der Waals surface area contributed by atoms with E-state index in [0.717, 1.165) is 50.8 Å². The Morgan fingerprint density at radius 2 is 1.86 bits per heavy atom. The van der Waals surface area contributed by atoms with Crippen molar-refractivity contribution >= 4 is 29.9 Å². The average Bonchev–Trinajstić information content (AvgIpc) is 3.32. The third-order valence-corrected chi connectivity index (χ3v) is 6.55. The SMILES string of the molecule is CC1Cc2ccccc2N1C(=O)C1CCCCC1C(=O)NCC1CCCN1.Cl. The number of benzene rings is 1. The Hall–Kier alpha value is -1.59. The molecule has 4 unspecified atom stereocenters. The van der Waals surface area contributed by atoms with Crippen molar-refractivity contribution in [3.05, 3.63) is 29.8 Å². The summed E-state index contributed by atoms with van der Waals surface area (Å²) in [4.78, 5) is 28.3. The molecule has 1 aliphatic carbocycles. The van der Waals surface area contributed by atoms with Gasteiger partial charge in [-0.05, 0) is 57.2 Å². The van der Waals surface area contributed by atoms with Crippen LogP contribution in [0, 0.1) is 11.8 Å². The minimum atomic E-state index is -0.191. The van der Waals surface area contributed by atoms with Gasteiger partial charge < -0.3 is 15.5 Å². The maximum absolute atomic E-state index is 13.5. The standard InChI is InChI=1S/C22H31N3O2.ClH/c1-15-13-16-7-2-5-11-20(16)25(15)22(27)19-10-4-3-9-18(19)21(26)24-14-17-8-6-12-23-17;/h2,5,7,11,15,17-19,23H,3-4,6,8-10,12-14H2,1H3,(H,24,26);1H. The van der Waals surface area contributed by atoms with E-state index in [9.17, 15) is 9.59 Å². The molecule has 1 saturated carbocycles. The number of hydrogen-bond acceptors (Lipinski definition) is 3. The monoisotopic (exact) mass is 405 g/mol. The number of para-hydroxylation sites is 1. The van der Waals surface area contributed by atoms with E-state index >= 15 is 0 Å². The first-order valence-corrected chi connectivity index (χ1v) is 10.6.